The van der Waals surface area contributed by atoms with E-state index < -0.39 is 24.3 Å². The maximum atomic E-state index is 12.2. The molecule has 0 aliphatic heterocycles. The van der Waals surface area contributed by atoms with Gasteiger partial charge >= 0.3 is 5.97 Å². The molecule has 1 atom stereocenters. The molecule has 0 bridgehead atoms. The van der Waals surface area contributed by atoms with Crippen LogP contribution in [0.1, 0.15) is 62.8 Å². The first-order valence-corrected chi connectivity index (χ1v) is 12.8. The van der Waals surface area contributed by atoms with Crippen molar-refractivity contribution in [1.29, 1.82) is 0 Å². The number of Topliss-reactive ketones (excluding diaryl/α,β-unsaturated/α-hetero) is 1. The fraction of sp³-hybridized carbons (Fsp3) is 0.407. The molecule has 1 aromatic carbocycles. The van der Waals surface area contributed by atoms with E-state index in [9.17, 15) is 14.4 Å². The molecule has 8 nitrogen and oxygen atoms in total. The van der Waals surface area contributed by atoms with Gasteiger partial charge in [-0.1, -0.05) is 25.5 Å². The van der Waals surface area contributed by atoms with Crippen molar-refractivity contribution in [3.05, 3.63) is 63.1 Å². The summed E-state index contributed by atoms with van der Waals surface area (Å²) in [6.07, 6.45) is 5.98. The molecule has 0 fully saturated rings. The van der Waals surface area contributed by atoms with E-state index >= 15 is 0 Å². The lowest BCUT2D eigenvalue weighted by Gasteiger charge is -2.16. The summed E-state index contributed by atoms with van der Waals surface area (Å²) >= 11 is 1.35. The molecule has 2 rings (SSSR count). The van der Waals surface area contributed by atoms with Gasteiger partial charge in [-0.3, -0.25) is 9.59 Å². The second-order valence-electron chi connectivity index (χ2n) is 8.20. The molecule has 2 N–H and O–H groups in total. The Balaban J connectivity index is 2.22. The number of carbonyl (C=O) groups excluding carboxylic acids is 3. The van der Waals surface area contributed by atoms with Crippen LogP contribution in [-0.4, -0.2) is 47.6 Å². The Morgan fingerprint density at radius 1 is 1.17 bits per heavy atom. The third kappa shape index (κ3) is 9.39. The van der Waals surface area contributed by atoms with Gasteiger partial charge in [-0.15, -0.1) is 11.3 Å². The summed E-state index contributed by atoms with van der Waals surface area (Å²) < 4.78 is 10.7. The van der Waals surface area contributed by atoms with Crippen molar-refractivity contribution in [1.82, 2.24) is 10.3 Å². The molecule has 0 unspecified atom stereocenters. The van der Waals surface area contributed by atoms with Crippen molar-refractivity contribution in [3.63, 3.8) is 0 Å². The number of ether oxygens (including phenoxy) is 2. The molecule has 9 heteroatoms. The van der Waals surface area contributed by atoms with Gasteiger partial charge in [-0.25, -0.2) is 9.78 Å². The topological polar surface area (TPSA) is 115 Å². The normalized spacial score (nSPS) is 12.7. The highest BCUT2D eigenvalue weighted by molar-refractivity contribution is 7.09. The van der Waals surface area contributed by atoms with Crippen LogP contribution in [0.5, 0.6) is 5.75 Å². The summed E-state index contributed by atoms with van der Waals surface area (Å²) in [5.41, 5.74) is 2.88. The molecule has 1 heterocycles. The van der Waals surface area contributed by atoms with E-state index in [4.69, 9.17) is 14.6 Å². The largest absolute Gasteiger partial charge is 0.494 e. The number of nitrogens with zero attached hydrogens (tertiary/aromatic N) is 1. The van der Waals surface area contributed by atoms with E-state index in [1.54, 1.807) is 19.9 Å². The summed E-state index contributed by atoms with van der Waals surface area (Å²) in [6, 6.07) is 7.01. The maximum absolute atomic E-state index is 12.2. The van der Waals surface area contributed by atoms with Crippen molar-refractivity contribution < 1.29 is 29.0 Å². The summed E-state index contributed by atoms with van der Waals surface area (Å²) in [4.78, 5) is 40.4. The molecule has 0 spiro atoms. The van der Waals surface area contributed by atoms with Crippen molar-refractivity contribution in [3.8, 4) is 5.75 Å². The average molecular weight is 515 g/mol. The lowest BCUT2D eigenvalue weighted by atomic mass is 10.1. The lowest BCUT2D eigenvalue weighted by molar-refractivity contribution is -0.139. The number of nitrogens with one attached hydrogen (secondary N) is 1. The SMILES string of the molecule is CCCCOc1ccc(C[C@H](NC(=O)C(=O)CO)c2nc(/C=C(C)/C=C(/C)C(=O)OCC)cs2)cc1. The number of aliphatic hydroxyl groups excluding tert-OH is 1. The molecule has 1 aromatic heterocycles. The van der Waals surface area contributed by atoms with Gasteiger partial charge in [0.05, 0.1) is 24.9 Å². The predicted octanol–water partition coefficient (Wildman–Crippen LogP) is 4.20. The Kier molecular flexibility index (Phi) is 12.0. The Hall–Kier alpha value is -3.30. The second-order valence-corrected chi connectivity index (χ2v) is 9.09. The van der Waals surface area contributed by atoms with Crippen LogP contribution >= 0.6 is 11.3 Å². The van der Waals surface area contributed by atoms with Gasteiger partial charge in [0.1, 0.15) is 17.4 Å². The molecule has 0 radical (unpaired) electrons. The molecule has 0 aliphatic carbocycles. The molecule has 2 aromatic rings. The Morgan fingerprint density at radius 3 is 2.53 bits per heavy atom. The second kappa shape index (κ2) is 15.0. The Morgan fingerprint density at radius 2 is 1.89 bits per heavy atom. The number of aliphatic hydroxyl groups is 1. The van der Waals surface area contributed by atoms with Crippen molar-refractivity contribution in [2.24, 2.45) is 0 Å². The minimum absolute atomic E-state index is 0.308. The zero-order valence-corrected chi connectivity index (χ0v) is 22.0. The number of allylic oxidation sites excluding steroid dienone is 2. The number of hydrogen-bond donors (Lipinski definition) is 2. The van der Waals surface area contributed by atoms with Crippen LogP contribution in [-0.2, 0) is 25.5 Å². The van der Waals surface area contributed by atoms with E-state index in [2.05, 4.69) is 17.2 Å². The molecule has 36 heavy (non-hydrogen) atoms. The number of rotatable bonds is 14. The third-order valence-corrected chi connectivity index (χ3v) is 6.06. The monoisotopic (exact) mass is 514 g/mol. The van der Waals surface area contributed by atoms with Gasteiger partial charge in [0.25, 0.3) is 5.91 Å². The minimum atomic E-state index is -0.910. The summed E-state index contributed by atoms with van der Waals surface area (Å²) in [7, 11) is 0. The van der Waals surface area contributed by atoms with Crippen LogP contribution in [0, 0.1) is 0 Å². The third-order valence-electron chi connectivity index (χ3n) is 5.09. The van der Waals surface area contributed by atoms with Gasteiger partial charge < -0.3 is 19.9 Å². The van der Waals surface area contributed by atoms with Crippen LogP contribution in [0.2, 0.25) is 0 Å². The molecule has 1 amide bonds. The number of carbonyl (C=O) groups is 3. The van der Waals surface area contributed by atoms with Gasteiger partial charge in [0, 0.05) is 11.0 Å². The first-order chi connectivity index (χ1) is 17.3. The van der Waals surface area contributed by atoms with Crippen LogP contribution in [0.4, 0.5) is 0 Å². The highest BCUT2D eigenvalue weighted by Gasteiger charge is 2.22. The smallest absolute Gasteiger partial charge is 0.333 e. The van der Waals surface area contributed by atoms with Crippen molar-refractivity contribution in [2.45, 2.75) is 53.0 Å². The van der Waals surface area contributed by atoms with Crippen molar-refractivity contribution in [2.75, 3.05) is 19.8 Å². The predicted molar refractivity (Wildman–Crippen MR) is 140 cm³/mol. The van der Waals surface area contributed by atoms with Gasteiger partial charge in [0.2, 0.25) is 5.78 Å². The van der Waals surface area contributed by atoms with Gasteiger partial charge in [0.15, 0.2) is 0 Å². The van der Waals surface area contributed by atoms with E-state index in [0.717, 1.165) is 29.7 Å². The zero-order valence-electron chi connectivity index (χ0n) is 21.2. The van der Waals surface area contributed by atoms with E-state index in [1.165, 1.54) is 11.3 Å². The highest BCUT2D eigenvalue weighted by Crippen LogP contribution is 2.25. The van der Waals surface area contributed by atoms with Gasteiger partial charge in [-0.2, -0.15) is 0 Å². The number of benzene rings is 1. The molecule has 0 saturated carbocycles. The van der Waals surface area contributed by atoms with Crippen LogP contribution < -0.4 is 10.1 Å². The highest BCUT2D eigenvalue weighted by atomic mass is 32.1. The van der Waals surface area contributed by atoms with Crippen LogP contribution in [0.15, 0.2) is 46.9 Å². The fourth-order valence-corrected chi connectivity index (χ4v) is 4.08. The van der Waals surface area contributed by atoms with E-state index in [1.807, 2.05) is 42.6 Å². The number of hydrogen-bond acceptors (Lipinski definition) is 8. The average Bonchev–Trinajstić information content (AvgIpc) is 3.32. The number of thiazole rings is 1. The fourth-order valence-electron chi connectivity index (χ4n) is 3.25. The molecule has 0 aliphatic rings. The van der Waals surface area contributed by atoms with E-state index in [0.29, 0.717) is 35.9 Å². The minimum Gasteiger partial charge on any atom is -0.494 e. The van der Waals surface area contributed by atoms with Crippen LogP contribution in [0.3, 0.4) is 0 Å². The standard InChI is InChI=1S/C27H34N2O6S/c1-5-7-12-35-22-10-8-20(9-11-22)15-23(29-25(32)24(31)16-30)26-28-21(17-36-26)14-18(3)13-19(4)27(33)34-6-2/h8-11,13-14,17,23,30H,5-7,12,15-16H2,1-4H3,(H,29,32)/b18-14+,19-13-/t23-/m0/s1. The molecular formula is C27H34N2O6S. The number of amides is 1. The number of ketones is 1. The van der Waals surface area contributed by atoms with E-state index in [-0.39, 0.29) is 5.97 Å². The summed E-state index contributed by atoms with van der Waals surface area (Å²) in [6.45, 7) is 7.49. The van der Waals surface area contributed by atoms with Crippen LogP contribution in [0.25, 0.3) is 6.08 Å². The zero-order chi connectivity index (χ0) is 26.5. The first kappa shape index (κ1) is 28.9. The lowest BCUT2D eigenvalue weighted by Crippen LogP contribution is -2.36. The first-order valence-electron chi connectivity index (χ1n) is 11.9. The summed E-state index contributed by atoms with van der Waals surface area (Å²) in [5, 5.41) is 14.2. The number of aromatic nitrogens is 1. The number of unbranched alkanes of at least 4 members (excludes halogenated alkanes) is 1. The summed E-state index contributed by atoms with van der Waals surface area (Å²) in [5.74, 6) is -1.38. The Bertz CT molecular complexity index is 1090. The molecule has 194 valence electrons. The number of esters is 1. The molecular weight excluding hydrogens is 480 g/mol. The molecule has 0 saturated heterocycles. The van der Waals surface area contributed by atoms with Crippen molar-refractivity contribution >= 4 is 35.1 Å². The maximum Gasteiger partial charge on any atom is 0.333 e. The van der Waals surface area contributed by atoms with Gasteiger partial charge in [-0.05, 0) is 69.0 Å². The Labute approximate surface area is 216 Å². The quantitative estimate of drug-likeness (QED) is 0.128.